The number of halogens is 1. The van der Waals surface area contributed by atoms with Gasteiger partial charge in [0.25, 0.3) is 5.91 Å². The molecule has 1 fully saturated rings. The number of benzene rings is 1. The molecule has 1 aliphatic rings. The Bertz CT molecular complexity index is 447. The Labute approximate surface area is 113 Å². The van der Waals surface area contributed by atoms with E-state index in [1.807, 2.05) is 24.0 Å². The Hall–Kier alpha value is -1.22. The van der Waals surface area contributed by atoms with Gasteiger partial charge in [0.1, 0.15) is 0 Å². The largest absolute Gasteiger partial charge is 0.385 e. The van der Waals surface area contributed by atoms with E-state index in [2.05, 4.69) is 12.2 Å². The Morgan fingerprint density at radius 1 is 1.56 bits per heavy atom. The average molecular weight is 267 g/mol. The van der Waals surface area contributed by atoms with Crippen molar-refractivity contribution in [2.75, 3.05) is 18.4 Å². The van der Waals surface area contributed by atoms with Crippen LogP contribution in [-0.2, 0) is 0 Å². The second kappa shape index (κ2) is 5.61. The number of likely N-dealkylation sites (tertiary alicyclic amines) is 1. The lowest BCUT2D eigenvalue weighted by Gasteiger charge is -2.23. The fourth-order valence-corrected chi connectivity index (χ4v) is 2.60. The van der Waals surface area contributed by atoms with Crippen LogP contribution in [0, 0.1) is 0 Å². The van der Waals surface area contributed by atoms with Gasteiger partial charge in [0, 0.05) is 29.8 Å². The quantitative estimate of drug-likeness (QED) is 0.909. The van der Waals surface area contributed by atoms with E-state index < -0.39 is 0 Å². The maximum atomic E-state index is 12.5. The molecule has 1 saturated heterocycles. The van der Waals surface area contributed by atoms with Crippen molar-refractivity contribution >= 4 is 23.2 Å². The van der Waals surface area contributed by atoms with E-state index in [-0.39, 0.29) is 5.91 Å². The van der Waals surface area contributed by atoms with Gasteiger partial charge in [-0.25, -0.2) is 0 Å². The number of carbonyl (C=O) groups excluding carboxylic acids is 1. The Balaban J connectivity index is 2.30. The van der Waals surface area contributed by atoms with E-state index in [1.54, 1.807) is 6.07 Å². The number of nitrogens with one attached hydrogen (secondary N) is 1. The maximum absolute atomic E-state index is 12.5. The molecule has 1 unspecified atom stereocenters. The minimum absolute atomic E-state index is 0.0819. The number of rotatable bonds is 3. The second-order valence-electron chi connectivity index (χ2n) is 4.71. The highest BCUT2D eigenvalue weighted by atomic mass is 35.5. The van der Waals surface area contributed by atoms with E-state index >= 15 is 0 Å². The molecule has 1 amide bonds. The first-order valence-corrected chi connectivity index (χ1v) is 6.85. The van der Waals surface area contributed by atoms with E-state index in [0.717, 1.165) is 31.6 Å². The molecule has 3 nitrogen and oxygen atoms in total. The van der Waals surface area contributed by atoms with Crippen LogP contribution in [0.15, 0.2) is 18.2 Å². The third-order valence-corrected chi connectivity index (χ3v) is 3.63. The van der Waals surface area contributed by atoms with Crippen molar-refractivity contribution in [2.45, 2.75) is 32.7 Å². The molecule has 1 aromatic rings. The van der Waals surface area contributed by atoms with Crippen molar-refractivity contribution in [2.24, 2.45) is 0 Å². The van der Waals surface area contributed by atoms with Crippen LogP contribution in [0.4, 0.5) is 5.69 Å². The fourth-order valence-electron chi connectivity index (χ4n) is 2.43. The molecule has 0 aromatic heterocycles. The first kappa shape index (κ1) is 13.2. The van der Waals surface area contributed by atoms with Crippen molar-refractivity contribution in [3.8, 4) is 0 Å². The van der Waals surface area contributed by atoms with Gasteiger partial charge in [-0.1, -0.05) is 11.6 Å². The zero-order chi connectivity index (χ0) is 13.1. The van der Waals surface area contributed by atoms with Gasteiger partial charge in [0.2, 0.25) is 0 Å². The van der Waals surface area contributed by atoms with Crippen molar-refractivity contribution in [3.63, 3.8) is 0 Å². The predicted octanol–water partition coefficient (Wildman–Crippen LogP) is 3.40. The molecule has 1 atom stereocenters. The molecule has 4 heteroatoms. The monoisotopic (exact) mass is 266 g/mol. The van der Waals surface area contributed by atoms with E-state index in [9.17, 15) is 4.79 Å². The van der Waals surface area contributed by atoms with E-state index in [4.69, 9.17) is 11.6 Å². The molecule has 0 spiro atoms. The van der Waals surface area contributed by atoms with Crippen molar-refractivity contribution in [1.29, 1.82) is 0 Å². The molecule has 1 aromatic carbocycles. The number of nitrogens with zero attached hydrogens (tertiary/aromatic N) is 1. The summed E-state index contributed by atoms with van der Waals surface area (Å²) < 4.78 is 0. The lowest BCUT2D eigenvalue weighted by atomic mass is 10.1. The topological polar surface area (TPSA) is 32.3 Å². The smallest absolute Gasteiger partial charge is 0.256 e. The summed E-state index contributed by atoms with van der Waals surface area (Å²) in [4.78, 5) is 14.5. The van der Waals surface area contributed by atoms with Crippen LogP contribution in [-0.4, -0.2) is 29.9 Å². The molecule has 0 aliphatic carbocycles. The third-order valence-electron chi connectivity index (χ3n) is 3.39. The molecule has 98 valence electrons. The molecule has 0 bridgehead atoms. The molecule has 1 N–H and O–H groups in total. The number of amides is 1. The van der Waals surface area contributed by atoms with Crippen molar-refractivity contribution in [3.05, 3.63) is 28.8 Å². The predicted molar refractivity (Wildman–Crippen MR) is 75.3 cm³/mol. The highest BCUT2D eigenvalue weighted by Gasteiger charge is 2.27. The Kier molecular flexibility index (Phi) is 4.12. The Morgan fingerprint density at radius 2 is 2.33 bits per heavy atom. The lowest BCUT2D eigenvalue weighted by molar-refractivity contribution is 0.0748. The zero-order valence-electron chi connectivity index (χ0n) is 10.9. The summed E-state index contributed by atoms with van der Waals surface area (Å²) in [6, 6.07) is 5.77. The fraction of sp³-hybridized carbons (Fsp3) is 0.500. The number of hydrogen-bond donors (Lipinski definition) is 1. The van der Waals surface area contributed by atoms with Gasteiger partial charge in [-0.3, -0.25) is 4.79 Å². The number of hydrogen-bond acceptors (Lipinski definition) is 2. The van der Waals surface area contributed by atoms with Gasteiger partial charge in [-0.05, 0) is 44.9 Å². The van der Waals surface area contributed by atoms with E-state index in [0.29, 0.717) is 16.6 Å². The third kappa shape index (κ3) is 2.61. The van der Waals surface area contributed by atoms with Crippen LogP contribution in [0.5, 0.6) is 0 Å². The summed E-state index contributed by atoms with van der Waals surface area (Å²) in [7, 11) is 0. The number of anilines is 1. The van der Waals surface area contributed by atoms with Crippen LogP contribution >= 0.6 is 11.6 Å². The van der Waals surface area contributed by atoms with Crippen LogP contribution in [0.3, 0.4) is 0 Å². The second-order valence-corrected chi connectivity index (χ2v) is 5.15. The van der Waals surface area contributed by atoms with Gasteiger partial charge in [0.15, 0.2) is 0 Å². The number of carbonyl (C=O) groups is 1. The molecule has 18 heavy (non-hydrogen) atoms. The SMILES string of the molecule is CCNc1ccc(Cl)cc1C(=O)N1CCCC1C. The summed E-state index contributed by atoms with van der Waals surface area (Å²) in [5.41, 5.74) is 1.55. The van der Waals surface area contributed by atoms with E-state index in [1.165, 1.54) is 0 Å². The van der Waals surface area contributed by atoms with Crippen LogP contribution in [0.25, 0.3) is 0 Å². The molecule has 1 aliphatic heterocycles. The van der Waals surface area contributed by atoms with Gasteiger partial charge >= 0.3 is 0 Å². The molecule has 1 heterocycles. The minimum atomic E-state index is 0.0819. The highest BCUT2D eigenvalue weighted by Crippen LogP contribution is 2.26. The average Bonchev–Trinajstić information content (AvgIpc) is 2.77. The maximum Gasteiger partial charge on any atom is 0.256 e. The Morgan fingerprint density at radius 3 is 2.94 bits per heavy atom. The summed E-state index contributed by atoms with van der Waals surface area (Å²) in [6.45, 7) is 5.75. The van der Waals surface area contributed by atoms with Gasteiger partial charge < -0.3 is 10.2 Å². The summed E-state index contributed by atoms with van der Waals surface area (Å²) in [5, 5.41) is 3.82. The van der Waals surface area contributed by atoms with Gasteiger partial charge in [0.05, 0.1) is 5.56 Å². The van der Waals surface area contributed by atoms with Gasteiger partial charge in [-0.2, -0.15) is 0 Å². The molecule has 0 saturated carbocycles. The van der Waals surface area contributed by atoms with Crippen molar-refractivity contribution in [1.82, 2.24) is 4.90 Å². The van der Waals surface area contributed by atoms with Crippen molar-refractivity contribution < 1.29 is 4.79 Å². The minimum Gasteiger partial charge on any atom is -0.385 e. The summed E-state index contributed by atoms with van der Waals surface area (Å²) in [6.07, 6.45) is 2.17. The van der Waals surface area contributed by atoms with Crippen LogP contribution in [0.2, 0.25) is 5.02 Å². The zero-order valence-corrected chi connectivity index (χ0v) is 11.6. The molecule has 2 rings (SSSR count). The lowest BCUT2D eigenvalue weighted by Crippen LogP contribution is -2.34. The molecular formula is C14H19ClN2O. The normalized spacial score (nSPS) is 19.1. The van der Waals surface area contributed by atoms with Gasteiger partial charge in [-0.15, -0.1) is 0 Å². The summed E-state index contributed by atoms with van der Waals surface area (Å²) >= 11 is 6.01. The molecular weight excluding hydrogens is 248 g/mol. The standard InChI is InChI=1S/C14H19ClN2O/c1-3-16-13-7-6-11(15)9-12(13)14(18)17-8-4-5-10(17)2/h6-7,9-10,16H,3-5,8H2,1-2H3. The summed E-state index contributed by atoms with van der Waals surface area (Å²) in [5.74, 6) is 0.0819. The highest BCUT2D eigenvalue weighted by molar-refractivity contribution is 6.31. The van der Waals surface area contributed by atoms with Crippen LogP contribution < -0.4 is 5.32 Å². The molecule has 0 radical (unpaired) electrons. The first-order chi connectivity index (χ1) is 8.63. The van der Waals surface area contributed by atoms with Crippen LogP contribution in [0.1, 0.15) is 37.0 Å². The first-order valence-electron chi connectivity index (χ1n) is 6.48.